The van der Waals surface area contributed by atoms with Crippen molar-refractivity contribution in [3.8, 4) is 11.5 Å². The van der Waals surface area contributed by atoms with E-state index in [1.54, 1.807) is 24.3 Å². The number of aliphatic hydroxyl groups is 1. The number of hydrogen-bond donors (Lipinski definition) is 1. The maximum atomic E-state index is 10.2. The second-order valence-electron chi connectivity index (χ2n) is 4.25. The predicted molar refractivity (Wildman–Crippen MR) is 79.5 cm³/mol. The second kappa shape index (κ2) is 7.17. The molecule has 0 aliphatic rings. The van der Waals surface area contributed by atoms with Crippen LogP contribution in [0.25, 0.3) is 0 Å². The minimum atomic E-state index is -0.742. The zero-order valence-corrected chi connectivity index (χ0v) is 12.0. The highest BCUT2D eigenvalue weighted by molar-refractivity contribution is 6.30. The first-order valence-electron chi connectivity index (χ1n) is 6.49. The summed E-state index contributed by atoms with van der Waals surface area (Å²) >= 11 is 5.80. The number of ether oxygens (including phenoxy) is 2. The van der Waals surface area contributed by atoms with E-state index < -0.39 is 6.10 Å². The van der Waals surface area contributed by atoms with Gasteiger partial charge in [0.15, 0.2) is 0 Å². The zero-order valence-electron chi connectivity index (χ0n) is 11.3. The van der Waals surface area contributed by atoms with Crippen LogP contribution >= 0.6 is 11.6 Å². The van der Waals surface area contributed by atoms with Gasteiger partial charge < -0.3 is 14.6 Å². The molecule has 2 aromatic rings. The topological polar surface area (TPSA) is 38.7 Å². The van der Waals surface area contributed by atoms with Crippen LogP contribution in [0.5, 0.6) is 11.5 Å². The summed E-state index contributed by atoms with van der Waals surface area (Å²) < 4.78 is 11.0. The first kappa shape index (κ1) is 14.7. The molecule has 0 amide bonds. The minimum absolute atomic E-state index is 0.158. The van der Waals surface area contributed by atoms with Crippen LogP contribution in [-0.4, -0.2) is 18.3 Å². The fraction of sp³-hybridized carbons (Fsp3) is 0.250. The third-order valence-corrected chi connectivity index (χ3v) is 3.05. The van der Waals surface area contributed by atoms with E-state index in [0.717, 1.165) is 5.56 Å². The minimum Gasteiger partial charge on any atom is -0.493 e. The van der Waals surface area contributed by atoms with Crippen molar-refractivity contribution in [2.45, 2.75) is 13.0 Å². The number of hydrogen-bond acceptors (Lipinski definition) is 3. The highest BCUT2D eigenvalue weighted by Crippen LogP contribution is 2.26. The van der Waals surface area contributed by atoms with Gasteiger partial charge in [-0.2, -0.15) is 0 Å². The standard InChI is InChI=1S/C16H17ClO3/c1-2-19-16-6-4-3-5-14(16)15(18)11-20-13-9-7-12(17)8-10-13/h3-10,15,18H,2,11H2,1H3. The SMILES string of the molecule is CCOc1ccccc1C(O)COc1ccc(Cl)cc1. The number of halogens is 1. The maximum absolute atomic E-state index is 10.2. The van der Waals surface area contributed by atoms with Crippen molar-refractivity contribution in [3.63, 3.8) is 0 Å². The molecule has 0 spiro atoms. The average molecular weight is 293 g/mol. The molecule has 4 heteroatoms. The van der Waals surface area contributed by atoms with Gasteiger partial charge in [-0.1, -0.05) is 29.8 Å². The summed E-state index contributed by atoms with van der Waals surface area (Å²) in [5.74, 6) is 1.35. The van der Waals surface area contributed by atoms with Gasteiger partial charge in [-0.25, -0.2) is 0 Å². The number of rotatable bonds is 6. The Morgan fingerprint density at radius 3 is 2.45 bits per heavy atom. The zero-order chi connectivity index (χ0) is 14.4. The Kier molecular flexibility index (Phi) is 5.27. The molecule has 0 fully saturated rings. The van der Waals surface area contributed by atoms with Crippen LogP contribution in [0.4, 0.5) is 0 Å². The molecule has 3 nitrogen and oxygen atoms in total. The lowest BCUT2D eigenvalue weighted by atomic mass is 10.1. The summed E-state index contributed by atoms with van der Waals surface area (Å²) in [4.78, 5) is 0. The molecule has 0 aliphatic carbocycles. The van der Waals surface area contributed by atoms with Gasteiger partial charge >= 0.3 is 0 Å². The van der Waals surface area contributed by atoms with Crippen LogP contribution in [0.2, 0.25) is 5.02 Å². The summed E-state index contributed by atoms with van der Waals surface area (Å²) in [6, 6.07) is 14.4. The largest absolute Gasteiger partial charge is 0.493 e. The van der Waals surface area contributed by atoms with E-state index in [-0.39, 0.29) is 6.61 Å². The normalized spacial score (nSPS) is 11.9. The van der Waals surface area contributed by atoms with E-state index in [2.05, 4.69) is 0 Å². The quantitative estimate of drug-likeness (QED) is 0.879. The van der Waals surface area contributed by atoms with E-state index in [9.17, 15) is 5.11 Å². The van der Waals surface area contributed by atoms with E-state index in [0.29, 0.717) is 23.1 Å². The van der Waals surface area contributed by atoms with Crippen molar-refractivity contribution in [3.05, 3.63) is 59.1 Å². The third kappa shape index (κ3) is 3.89. The number of aliphatic hydroxyl groups excluding tert-OH is 1. The van der Waals surface area contributed by atoms with E-state index >= 15 is 0 Å². The predicted octanol–water partition coefficient (Wildman–Crippen LogP) is 3.85. The van der Waals surface area contributed by atoms with Crippen LogP contribution in [0.15, 0.2) is 48.5 Å². The molecule has 20 heavy (non-hydrogen) atoms. The Balaban J connectivity index is 2.01. The van der Waals surface area contributed by atoms with Crippen molar-refractivity contribution < 1.29 is 14.6 Å². The summed E-state index contributed by atoms with van der Waals surface area (Å²) in [7, 11) is 0. The van der Waals surface area contributed by atoms with Gasteiger partial charge in [0.1, 0.15) is 24.2 Å². The molecule has 0 saturated heterocycles. The fourth-order valence-corrected chi connectivity index (χ4v) is 1.96. The van der Waals surface area contributed by atoms with Gasteiger partial charge in [-0.15, -0.1) is 0 Å². The molecule has 0 saturated carbocycles. The van der Waals surface area contributed by atoms with E-state index in [1.807, 2.05) is 31.2 Å². The molecule has 1 N–H and O–H groups in total. The Morgan fingerprint density at radius 2 is 1.75 bits per heavy atom. The Labute approximate surface area is 123 Å². The molecule has 0 aromatic heterocycles. The molecule has 2 rings (SSSR count). The van der Waals surface area contributed by atoms with Crippen LogP contribution in [0.1, 0.15) is 18.6 Å². The van der Waals surface area contributed by atoms with Crippen LogP contribution in [-0.2, 0) is 0 Å². The number of para-hydroxylation sites is 1. The molecule has 1 unspecified atom stereocenters. The molecule has 1 atom stereocenters. The lowest BCUT2D eigenvalue weighted by molar-refractivity contribution is 0.105. The van der Waals surface area contributed by atoms with Crippen molar-refractivity contribution >= 4 is 11.6 Å². The average Bonchev–Trinajstić information content (AvgIpc) is 2.47. The smallest absolute Gasteiger partial charge is 0.125 e. The Bertz CT molecular complexity index is 540. The highest BCUT2D eigenvalue weighted by atomic mass is 35.5. The van der Waals surface area contributed by atoms with Crippen molar-refractivity contribution in [2.75, 3.05) is 13.2 Å². The van der Waals surface area contributed by atoms with E-state index in [1.165, 1.54) is 0 Å². The monoisotopic (exact) mass is 292 g/mol. The molecule has 2 aromatic carbocycles. The Hall–Kier alpha value is -1.71. The third-order valence-electron chi connectivity index (χ3n) is 2.80. The van der Waals surface area contributed by atoms with Crippen LogP contribution in [0, 0.1) is 0 Å². The number of benzene rings is 2. The van der Waals surface area contributed by atoms with Crippen molar-refractivity contribution in [2.24, 2.45) is 0 Å². The molecular weight excluding hydrogens is 276 g/mol. The molecule has 0 aliphatic heterocycles. The van der Waals surface area contributed by atoms with Crippen molar-refractivity contribution in [1.82, 2.24) is 0 Å². The first-order valence-corrected chi connectivity index (χ1v) is 6.86. The van der Waals surface area contributed by atoms with Gasteiger partial charge in [0.05, 0.1) is 6.61 Å². The molecular formula is C16H17ClO3. The lowest BCUT2D eigenvalue weighted by Crippen LogP contribution is -2.11. The second-order valence-corrected chi connectivity index (χ2v) is 4.69. The van der Waals surface area contributed by atoms with Gasteiger partial charge in [0.2, 0.25) is 0 Å². The van der Waals surface area contributed by atoms with Gasteiger partial charge in [0.25, 0.3) is 0 Å². The summed E-state index contributed by atoms with van der Waals surface area (Å²) in [5, 5.41) is 10.9. The van der Waals surface area contributed by atoms with Crippen LogP contribution in [0.3, 0.4) is 0 Å². The molecule has 0 radical (unpaired) electrons. The first-order chi connectivity index (χ1) is 9.70. The Morgan fingerprint density at radius 1 is 1.05 bits per heavy atom. The lowest BCUT2D eigenvalue weighted by Gasteiger charge is -2.16. The van der Waals surface area contributed by atoms with Gasteiger partial charge in [0, 0.05) is 10.6 Å². The maximum Gasteiger partial charge on any atom is 0.125 e. The summed E-state index contributed by atoms with van der Waals surface area (Å²) in [6.45, 7) is 2.63. The van der Waals surface area contributed by atoms with Gasteiger partial charge in [-0.3, -0.25) is 0 Å². The van der Waals surface area contributed by atoms with Crippen molar-refractivity contribution in [1.29, 1.82) is 0 Å². The summed E-state index contributed by atoms with van der Waals surface area (Å²) in [6.07, 6.45) is -0.742. The highest BCUT2D eigenvalue weighted by Gasteiger charge is 2.13. The molecule has 106 valence electrons. The fourth-order valence-electron chi connectivity index (χ4n) is 1.84. The van der Waals surface area contributed by atoms with Gasteiger partial charge in [-0.05, 0) is 37.3 Å². The molecule has 0 bridgehead atoms. The summed E-state index contributed by atoms with van der Waals surface area (Å²) in [5.41, 5.74) is 0.725. The molecule has 0 heterocycles. The van der Waals surface area contributed by atoms with E-state index in [4.69, 9.17) is 21.1 Å². The van der Waals surface area contributed by atoms with Crippen LogP contribution < -0.4 is 9.47 Å².